The summed E-state index contributed by atoms with van der Waals surface area (Å²) in [5.74, 6) is -1.36. The highest BCUT2D eigenvalue weighted by Crippen LogP contribution is 2.43. The van der Waals surface area contributed by atoms with Crippen LogP contribution < -0.4 is 20.0 Å². The molecule has 5 fully saturated rings. The van der Waals surface area contributed by atoms with Crippen LogP contribution in [-0.2, 0) is 9.59 Å². The molecule has 6 aliphatic rings. The zero-order valence-corrected chi connectivity index (χ0v) is 32.5. The summed E-state index contributed by atoms with van der Waals surface area (Å²) in [5.41, 5.74) is 5.05. The molecule has 5 amide bonds. The lowest BCUT2D eigenvalue weighted by Gasteiger charge is -2.45. The fourth-order valence-electron chi connectivity index (χ4n) is 9.64. The number of hydrogen-bond donors (Lipinski definition) is 1. The number of benzene rings is 3. The zero-order chi connectivity index (χ0) is 39.4. The van der Waals surface area contributed by atoms with Gasteiger partial charge in [0.1, 0.15) is 6.04 Å². The summed E-state index contributed by atoms with van der Waals surface area (Å²) >= 11 is 6.31. The molecule has 294 valence electrons. The summed E-state index contributed by atoms with van der Waals surface area (Å²) in [6.07, 6.45) is 3.31. The van der Waals surface area contributed by atoms with E-state index in [0.29, 0.717) is 27.8 Å². The van der Waals surface area contributed by atoms with E-state index < -0.39 is 23.8 Å². The molecule has 3 aromatic carbocycles. The van der Waals surface area contributed by atoms with Gasteiger partial charge in [0.25, 0.3) is 17.7 Å². The van der Waals surface area contributed by atoms with Crippen LogP contribution in [0.4, 0.5) is 22.7 Å². The van der Waals surface area contributed by atoms with Crippen LogP contribution >= 0.6 is 11.6 Å². The highest BCUT2D eigenvalue weighted by Gasteiger charge is 2.45. The maximum absolute atomic E-state index is 13.6. The molecule has 14 heteroatoms. The van der Waals surface area contributed by atoms with Crippen molar-refractivity contribution in [3.63, 3.8) is 0 Å². The van der Waals surface area contributed by atoms with Crippen molar-refractivity contribution in [2.75, 3.05) is 86.7 Å². The Morgan fingerprint density at radius 3 is 2.12 bits per heavy atom. The van der Waals surface area contributed by atoms with E-state index in [1.807, 2.05) is 35.2 Å². The summed E-state index contributed by atoms with van der Waals surface area (Å²) in [5, 5.41) is 2.73. The molecule has 1 atom stereocenters. The van der Waals surface area contributed by atoms with Gasteiger partial charge in [0.2, 0.25) is 17.5 Å². The number of hydrogen-bond acceptors (Lipinski definition) is 9. The van der Waals surface area contributed by atoms with E-state index in [1.165, 1.54) is 0 Å². The minimum absolute atomic E-state index is 0.0947. The lowest BCUT2D eigenvalue weighted by molar-refractivity contribution is -0.136. The van der Waals surface area contributed by atoms with Gasteiger partial charge >= 0.3 is 0 Å². The fraction of sp³-hybridized carbons (Fsp3) is 0.442. The van der Waals surface area contributed by atoms with Crippen molar-refractivity contribution in [2.24, 2.45) is 11.3 Å². The molecule has 0 bridgehead atoms. The predicted molar refractivity (Wildman–Crippen MR) is 216 cm³/mol. The van der Waals surface area contributed by atoms with Crippen molar-refractivity contribution in [2.45, 2.75) is 38.1 Å². The van der Waals surface area contributed by atoms with Crippen molar-refractivity contribution in [3.05, 3.63) is 93.8 Å². The quantitative estimate of drug-likeness (QED) is 0.269. The van der Waals surface area contributed by atoms with Crippen molar-refractivity contribution < 1.29 is 24.0 Å². The third-order valence-electron chi connectivity index (χ3n) is 13.1. The number of likely N-dealkylation sites (tertiary alicyclic amines) is 1. The average molecular weight is 789 g/mol. The Labute approximate surface area is 336 Å². The lowest BCUT2D eigenvalue weighted by Crippen LogP contribution is -2.55. The topological polar surface area (TPSA) is 121 Å². The second-order valence-electron chi connectivity index (χ2n) is 16.5. The van der Waals surface area contributed by atoms with Crippen molar-refractivity contribution in [1.82, 2.24) is 20.0 Å². The van der Waals surface area contributed by atoms with Crippen LogP contribution in [0, 0.1) is 17.9 Å². The largest absolute Gasteiger partial charge is 0.372 e. The molecule has 13 nitrogen and oxygen atoms in total. The normalized spacial score (nSPS) is 22.5. The molecular formula is C43H45ClN8O5. The smallest absolute Gasteiger partial charge is 0.262 e. The zero-order valence-electron chi connectivity index (χ0n) is 31.8. The Hall–Kier alpha value is -5.45. The van der Waals surface area contributed by atoms with Gasteiger partial charge in [-0.05, 0) is 85.7 Å². The van der Waals surface area contributed by atoms with E-state index in [1.54, 1.807) is 18.2 Å². The van der Waals surface area contributed by atoms with Gasteiger partial charge in [0.15, 0.2) is 0 Å². The van der Waals surface area contributed by atoms with Crippen LogP contribution in [0.25, 0.3) is 4.85 Å². The van der Waals surface area contributed by atoms with Gasteiger partial charge in [-0.25, -0.2) is 4.85 Å². The van der Waals surface area contributed by atoms with Gasteiger partial charge in [-0.2, -0.15) is 0 Å². The minimum Gasteiger partial charge on any atom is -0.372 e. The van der Waals surface area contributed by atoms with Crippen LogP contribution in [0.5, 0.6) is 0 Å². The maximum Gasteiger partial charge on any atom is 0.262 e. The highest BCUT2D eigenvalue weighted by molar-refractivity contribution is 6.33. The first kappa shape index (κ1) is 37.1. The van der Waals surface area contributed by atoms with E-state index in [0.717, 1.165) is 119 Å². The maximum atomic E-state index is 13.6. The van der Waals surface area contributed by atoms with E-state index in [9.17, 15) is 24.0 Å². The molecule has 0 aromatic heterocycles. The summed E-state index contributed by atoms with van der Waals surface area (Å²) < 4.78 is 0. The van der Waals surface area contributed by atoms with Gasteiger partial charge < -0.3 is 19.6 Å². The molecule has 3 aromatic rings. The lowest BCUT2D eigenvalue weighted by atomic mass is 9.77. The van der Waals surface area contributed by atoms with Gasteiger partial charge in [-0.1, -0.05) is 17.7 Å². The molecular weight excluding hydrogens is 744 g/mol. The summed E-state index contributed by atoms with van der Waals surface area (Å²) in [7, 11) is 0. The molecule has 0 aliphatic carbocycles. The number of imide groups is 2. The van der Waals surface area contributed by atoms with E-state index in [4.69, 9.17) is 18.2 Å². The number of piperazine rings is 1. The second-order valence-corrected chi connectivity index (χ2v) is 16.9. The molecule has 1 unspecified atom stereocenters. The molecule has 1 spiro atoms. The van der Waals surface area contributed by atoms with Crippen LogP contribution in [0.2, 0.25) is 5.02 Å². The van der Waals surface area contributed by atoms with Crippen molar-refractivity contribution >= 4 is 63.9 Å². The van der Waals surface area contributed by atoms with Crippen molar-refractivity contribution in [1.29, 1.82) is 0 Å². The second kappa shape index (κ2) is 14.8. The van der Waals surface area contributed by atoms with Crippen molar-refractivity contribution in [3.8, 4) is 0 Å². The molecule has 0 saturated carbocycles. The Morgan fingerprint density at radius 2 is 1.42 bits per heavy atom. The first-order chi connectivity index (χ1) is 27.6. The third-order valence-corrected chi connectivity index (χ3v) is 13.4. The number of carbonyl (C=O) groups is 5. The molecule has 6 heterocycles. The minimum atomic E-state index is -0.968. The Morgan fingerprint density at radius 1 is 0.772 bits per heavy atom. The first-order valence-electron chi connectivity index (χ1n) is 20.0. The standard InChI is InChI=1S/C43H45ClN8O5/c1-45-36-9-7-32(23-35(36)44)48-15-12-43(13-16-48)14-17-50(27-43)40(55)29-2-4-30(5-3-29)49-20-18-47(19-21-49)24-28-25-51(26-28)31-6-8-33-34(22-31)42(57)52(41(33)56)37-10-11-38(53)46-39(37)54/h2-9,22-23,28,37H,10-21,24-27H2,(H,46,53,54). The number of halogens is 1. The Kier molecular flexibility index (Phi) is 9.65. The summed E-state index contributed by atoms with van der Waals surface area (Å²) in [4.78, 5) is 79.9. The SMILES string of the molecule is [C-]#[N+]c1ccc(N2CCC3(CCN(C(=O)c4ccc(N5CCN(CC6CN(c7ccc8c(c7)C(=O)N(C7CCC(=O)NC7=O)C8=O)C6)CC5)cc4)C3)CC2)cc1Cl. The van der Waals surface area contributed by atoms with E-state index >= 15 is 0 Å². The van der Waals surface area contributed by atoms with Gasteiger partial charge in [0, 0.05) is 112 Å². The summed E-state index contributed by atoms with van der Waals surface area (Å²) in [6.45, 7) is 17.1. The number of rotatable bonds is 7. The summed E-state index contributed by atoms with van der Waals surface area (Å²) in [6, 6.07) is 18.1. The van der Waals surface area contributed by atoms with E-state index in [2.05, 4.69) is 41.9 Å². The number of amides is 5. The van der Waals surface area contributed by atoms with Crippen LogP contribution in [0.15, 0.2) is 60.7 Å². The molecule has 0 radical (unpaired) electrons. The Bertz CT molecular complexity index is 2180. The molecule has 5 saturated heterocycles. The number of anilines is 3. The number of nitrogens with zero attached hydrogens (tertiary/aromatic N) is 7. The molecule has 1 N–H and O–H groups in total. The van der Waals surface area contributed by atoms with Gasteiger partial charge in [-0.3, -0.25) is 39.1 Å². The van der Waals surface area contributed by atoms with Crippen LogP contribution in [-0.4, -0.2) is 122 Å². The Balaban J connectivity index is 0.720. The number of nitrogens with one attached hydrogen (secondary N) is 1. The third kappa shape index (κ3) is 6.99. The number of fused-ring (bicyclic) bond motifs is 1. The van der Waals surface area contributed by atoms with E-state index in [-0.39, 0.29) is 30.1 Å². The van der Waals surface area contributed by atoms with Crippen LogP contribution in [0.3, 0.4) is 0 Å². The molecule has 6 aliphatic heterocycles. The number of piperidine rings is 2. The predicted octanol–water partition coefficient (Wildman–Crippen LogP) is 4.68. The first-order valence-corrected chi connectivity index (χ1v) is 20.3. The fourth-order valence-corrected chi connectivity index (χ4v) is 9.86. The highest BCUT2D eigenvalue weighted by atomic mass is 35.5. The molecule has 57 heavy (non-hydrogen) atoms. The number of carbonyl (C=O) groups excluding carboxylic acids is 5. The van der Waals surface area contributed by atoms with Crippen LogP contribution in [0.1, 0.15) is 63.2 Å². The van der Waals surface area contributed by atoms with Gasteiger partial charge in [-0.15, -0.1) is 0 Å². The van der Waals surface area contributed by atoms with Gasteiger partial charge in [0.05, 0.1) is 17.7 Å². The average Bonchev–Trinajstić information content (AvgIpc) is 3.73. The monoisotopic (exact) mass is 788 g/mol. The molecule has 9 rings (SSSR count).